The largest absolute Gasteiger partial charge is 0.475 e. The first-order chi connectivity index (χ1) is 7.49. The van der Waals surface area contributed by atoms with E-state index in [1.165, 1.54) is 0 Å². The van der Waals surface area contributed by atoms with Crippen molar-refractivity contribution in [3.8, 4) is 0 Å². The number of carboxylic acids is 1. The summed E-state index contributed by atoms with van der Waals surface area (Å²) in [6.07, 6.45) is 0. The average Bonchev–Trinajstić information content (AvgIpc) is 2.61. The van der Waals surface area contributed by atoms with Crippen molar-refractivity contribution in [1.82, 2.24) is 0 Å². The van der Waals surface area contributed by atoms with Gasteiger partial charge in [0.1, 0.15) is 5.58 Å². The second-order valence-electron chi connectivity index (χ2n) is 3.99. The van der Waals surface area contributed by atoms with Crippen LogP contribution in [0.3, 0.4) is 0 Å². The topological polar surface area (TPSA) is 50.4 Å². The van der Waals surface area contributed by atoms with E-state index < -0.39 is 5.97 Å². The highest BCUT2D eigenvalue weighted by Crippen LogP contribution is 2.31. The van der Waals surface area contributed by atoms with Gasteiger partial charge in [-0.15, -0.1) is 0 Å². The molecule has 1 aromatic heterocycles. The van der Waals surface area contributed by atoms with Crippen molar-refractivity contribution >= 4 is 32.9 Å². The molecule has 0 bridgehead atoms. The average molecular weight is 283 g/mol. The van der Waals surface area contributed by atoms with Crippen LogP contribution in [0.5, 0.6) is 0 Å². The lowest BCUT2D eigenvalue weighted by atomic mass is 10.0. The Morgan fingerprint density at radius 2 is 2.06 bits per heavy atom. The monoisotopic (exact) mass is 282 g/mol. The SMILES string of the molecule is CC(C)c1cc(Br)c2oc(C(=O)O)cc2c1. The van der Waals surface area contributed by atoms with Crippen LogP contribution in [0.1, 0.15) is 35.9 Å². The maximum atomic E-state index is 10.8. The second kappa shape index (κ2) is 3.94. The van der Waals surface area contributed by atoms with Gasteiger partial charge in [-0.3, -0.25) is 0 Å². The lowest BCUT2D eigenvalue weighted by Gasteiger charge is -2.05. The van der Waals surface area contributed by atoms with E-state index in [9.17, 15) is 4.79 Å². The first-order valence-corrected chi connectivity index (χ1v) is 5.74. The van der Waals surface area contributed by atoms with E-state index in [4.69, 9.17) is 9.52 Å². The molecule has 0 amide bonds. The van der Waals surface area contributed by atoms with Crippen LogP contribution in [0.15, 0.2) is 27.1 Å². The molecule has 0 atom stereocenters. The summed E-state index contributed by atoms with van der Waals surface area (Å²) in [7, 11) is 0. The fraction of sp³-hybridized carbons (Fsp3) is 0.250. The predicted molar refractivity (Wildman–Crippen MR) is 65.0 cm³/mol. The van der Waals surface area contributed by atoms with Crippen LogP contribution in [-0.2, 0) is 0 Å². The summed E-state index contributed by atoms with van der Waals surface area (Å²) < 4.78 is 6.04. The highest BCUT2D eigenvalue weighted by atomic mass is 79.9. The van der Waals surface area contributed by atoms with Crippen molar-refractivity contribution in [3.05, 3.63) is 34.0 Å². The van der Waals surface area contributed by atoms with E-state index in [0.717, 1.165) is 15.4 Å². The minimum Gasteiger partial charge on any atom is -0.475 e. The normalized spacial score (nSPS) is 11.2. The predicted octanol–water partition coefficient (Wildman–Crippen LogP) is 4.02. The van der Waals surface area contributed by atoms with Crippen LogP contribution >= 0.6 is 15.9 Å². The van der Waals surface area contributed by atoms with Crippen LogP contribution in [0.4, 0.5) is 0 Å². The summed E-state index contributed by atoms with van der Waals surface area (Å²) in [4.78, 5) is 10.8. The molecule has 16 heavy (non-hydrogen) atoms. The number of hydrogen-bond acceptors (Lipinski definition) is 2. The molecule has 3 nitrogen and oxygen atoms in total. The fourth-order valence-corrected chi connectivity index (χ4v) is 2.14. The number of carboxylic acid groups (broad SMARTS) is 1. The molecular formula is C12H11BrO3. The standard InChI is InChI=1S/C12H11BrO3/c1-6(2)7-3-8-5-10(12(14)15)16-11(8)9(13)4-7/h3-6H,1-2H3,(H,14,15). The van der Waals surface area contributed by atoms with Crippen molar-refractivity contribution in [2.75, 3.05) is 0 Å². The summed E-state index contributed by atoms with van der Waals surface area (Å²) >= 11 is 3.39. The minimum atomic E-state index is -1.05. The highest BCUT2D eigenvalue weighted by Gasteiger charge is 2.14. The molecule has 0 unspecified atom stereocenters. The second-order valence-corrected chi connectivity index (χ2v) is 4.85. The van der Waals surface area contributed by atoms with Crippen molar-refractivity contribution in [1.29, 1.82) is 0 Å². The zero-order valence-electron chi connectivity index (χ0n) is 8.95. The van der Waals surface area contributed by atoms with Gasteiger partial charge in [0.2, 0.25) is 5.76 Å². The number of benzene rings is 1. The number of fused-ring (bicyclic) bond motifs is 1. The Morgan fingerprint density at radius 1 is 1.38 bits per heavy atom. The van der Waals surface area contributed by atoms with Gasteiger partial charge in [-0.2, -0.15) is 0 Å². The number of halogens is 1. The molecule has 2 rings (SSSR count). The van der Waals surface area contributed by atoms with Gasteiger partial charge in [-0.25, -0.2) is 4.79 Å². The molecule has 84 valence electrons. The van der Waals surface area contributed by atoms with Crippen LogP contribution < -0.4 is 0 Å². The molecular weight excluding hydrogens is 272 g/mol. The molecule has 4 heteroatoms. The number of aromatic carboxylic acids is 1. The summed E-state index contributed by atoms with van der Waals surface area (Å²) in [5.74, 6) is -0.685. The molecule has 0 aliphatic carbocycles. The third kappa shape index (κ3) is 1.85. The molecule has 0 saturated carbocycles. The van der Waals surface area contributed by atoms with Gasteiger partial charge in [0.05, 0.1) is 4.47 Å². The minimum absolute atomic E-state index is 0.0309. The van der Waals surface area contributed by atoms with Gasteiger partial charge in [0, 0.05) is 5.39 Å². The first-order valence-electron chi connectivity index (χ1n) is 4.95. The van der Waals surface area contributed by atoms with E-state index in [0.29, 0.717) is 11.5 Å². The molecule has 0 fully saturated rings. The number of furan rings is 1. The molecule has 1 N–H and O–H groups in total. The Morgan fingerprint density at radius 3 is 2.62 bits per heavy atom. The Labute approximate surface area is 101 Å². The molecule has 0 aliphatic rings. The van der Waals surface area contributed by atoms with Crippen LogP contribution in [-0.4, -0.2) is 11.1 Å². The van der Waals surface area contributed by atoms with Gasteiger partial charge in [-0.1, -0.05) is 13.8 Å². The van der Waals surface area contributed by atoms with Crippen molar-refractivity contribution < 1.29 is 14.3 Å². The lowest BCUT2D eigenvalue weighted by Crippen LogP contribution is -1.91. The van der Waals surface area contributed by atoms with Crippen molar-refractivity contribution in [2.24, 2.45) is 0 Å². The highest BCUT2D eigenvalue weighted by molar-refractivity contribution is 9.10. The Bertz CT molecular complexity index is 555. The molecule has 0 saturated heterocycles. The lowest BCUT2D eigenvalue weighted by molar-refractivity contribution is 0.0665. The van der Waals surface area contributed by atoms with Gasteiger partial charge < -0.3 is 9.52 Å². The number of hydrogen-bond donors (Lipinski definition) is 1. The summed E-state index contributed by atoms with van der Waals surface area (Å²) in [6.45, 7) is 4.18. The quantitative estimate of drug-likeness (QED) is 0.905. The van der Waals surface area contributed by atoms with E-state index in [1.54, 1.807) is 6.07 Å². The van der Waals surface area contributed by atoms with Gasteiger partial charge in [-0.05, 0) is 45.6 Å². The molecule has 2 aromatic rings. The number of rotatable bonds is 2. The van der Waals surface area contributed by atoms with Crippen molar-refractivity contribution in [3.63, 3.8) is 0 Å². The molecule has 0 spiro atoms. The first kappa shape index (κ1) is 11.2. The van der Waals surface area contributed by atoms with Gasteiger partial charge in [0.25, 0.3) is 0 Å². The fourth-order valence-electron chi connectivity index (χ4n) is 1.57. The summed E-state index contributed by atoms with van der Waals surface area (Å²) in [6, 6.07) is 5.47. The molecule has 0 radical (unpaired) electrons. The van der Waals surface area contributed by atoms with E-state index in [1.807, 2.05) is 12.1 Å². The van der Waals surface area contributed by atoms with Crippen molar-refractivity contribution in [2.45, 2.75) is 19.8 Å². The Kier molecular flexibility index (Phi) is 2.76. The summed E-state index contributed by atoms with van der Waals surface area (Å²) in [5.41, 5.74) is 1.74. The Balaban J connectivity index is 2.68. The zero-order valence-corrected chi connectivity index (χ0v) is 10.5. The van der Waals surface area contributed by atoms with E-state index in [2.05, 4.69) is 29.8 Å². The smallest absolute Gasteiger partial charge is 0.371 e. The third-order valence-electron chi connectivity index (χ3n) is 2.47. The molecule has 1 heterocycles. The van der Waals surface area contributed by atoms with Gasteiger partial charge in [0.15, 0.2) is 0 Å². The van der Waals surface area contributed by atoms with Crippen LogP contribution in [0, 0.1) is 0 Å². The van der Waals surface area contributed by atoms with E-state index in [-0.39, 0.29) is 5.76 Å². The molecule has 1 aromatic carbocycles. The summed E-state index contributed by atoms with van der Waals surface area (Å²) in [5, 5.41) is 9.66. The number of carbonyl (C=O) groups is 1. The Hall–Kier alpha value is -1.29. The maximum Gasteiger partial charge on any atom is 0.371 e. The van der Waals surface area contributed by atoms with Gasteiger partial charge >= 0.3 is 5.97 Å². The van der Waals surface area contributed by atoms with E-state index >= 15 is 0 Å². The van der Waals surface area contributed by atoms with Crippen LogP contribution in [0.25, 0.3) is 11.0 Å². The van der Waals surface area contributed by atoms with Crippen LogP contribution in [0.2, 0.25) is 0 Å². The molecule has 0 aliphatic heterocycles. The zero-order chi connectivity index (χ0) is 11.9. The maximum absolute atomic E-state index is 10.8. The third-order valence-corrected chi connectivity index (χ3v) is 3.06.